The van der Waals surface area contributed by atoms with Crippen LogP contribution < -0.4 is 10.1 Å². The molecule has 1 unspecified atom stereocenters. The first-order valence-electron chi connectivity index (χ1n) is 15.2. The van der Waals surface area contributed by atoms with Crippen molar-refractivity contribution in [2.45, 2.75) is 64.5 Å². The number of nitrogens with zero attached hydrogens (tertiary/aromatic N) is 8. The Morgan fingerprint density at radius 3 is 2.45 bits per heavy atom. The summed E-state index contributed by atoms with van der Waals surface area (Å²) in [7, 11) is 1.51. The molecule has 1 fully saturated rings. The first kappa shape index (κ1) is 32.0. The highest BCUT2D eigenvalue weighted by atomic mass is 19.4. The molecule has 47 heavy (non-hydrogen) atoms. The van der Waals surface area contributed by atoms with Gasteiger partial charge in [-0.1, -0.05) is 24.3 Å². The fraction of sp³-hybridized carbons (Fsp3) is 0.438. The minimum Gasteiger partial charge on any atom is -0.480 e. The van der Waals surface area contributed by atoms with Crippen molar-refractivity contribution in [3.8, 4) is 17.3 Å². The molecule has 15 heteroatoms. The van der Waals surface area contributed by atoms with Gasteiger partial charge in [-0.2, -0.15) is 18.3 Å². The molecule has 12 nitrogen and oxygen atoms in total. The van der Waals surface area contributed by atoms with Crippen LogP contribution in [0.1, 0.15) is 57.4 Å². The van der Waals surface area contributed by atoms with E-state index in [4.69, 9.17) is 14.5 Å². The Bertz CT molecular complexity index is 1830. The molecule has 1 amide bonds. The summed E-state index contributed by atoms with van der Waals surface area (Å²) in [4.78, 5) is 34.1. The van der Waals surface area contributed by atoms with Gasteiger partial charge in [0.2, 0.25) is 5.88 Å². The summed E-state index contributed by atoms with van der Waals surface area (Å²) in [5.74, 6) is 0.565. The number of rotatable bonds is 7. The number of fused-ring (bicyclic) bond motifs is 1. The zero-order valence-electron chi connectivity index (χ0n) is 27.0. The third-order valence-corrected chi connectivity index (χ3v) is 8.29. The fourth-order valence-electron chi connectivity index (χ4n) is 5.83. The van der Waals surface area contributed by atoms with Crippen LogP contribution in [0.3, 0.4) is 0 Å². The Hall–Kier alpha value is -4.95. The van der Waals surface area contributed by atoms with Crippen molar-refractivity contribution in [2.24, 2.45) is 0 Å². The topological polar surface area (TPSA) is 123 Å². The summed E-state index contributed by atoms with van der Waals surface area (Å²) in [6, 6.07) is 7.39. The first-order valence-corrected chi connectivity index (χ1v) is 15.2. The van der Waals surface area contributed by atoms with E-state index >= 15 is 0 Å². The summed E-state index contributed by atoms with van der Waals surface area (Å²) in [5, 5.41) is 7.91. The zero-order chi connectivity index (χ0) is 33.7. The molecule has 6 rings (SSSR count). The van der Waals surface area contributed by atoms with Gasteiger partial charge in [-0.3, -0.25) is 0 Å². The fourth-order valence-corrected chi connectivity index (χ4v) is 5.83. The van der Waals surface area contributed by atoms with Gasteiger partial charge in [0.25, 0.3) is 0 Å². The van der Waals surface area contributed by atoms with E-state index in [2.05, 4.69) is 25.4 Å². The third kappa shape index (κ3) is 6.13. The highest BCUT2D eigenvalue weighted by Gasteiger charge is 2.46. The van der Waals surface area contributed by atoms with Gasteiger partial charge in [0.05, 0.1) is 30.9 Å². The summed E-state index contributed by atoms with van der Waals surface area (Å²) in [5.41, 5.74) is 0.926. The van der Waals surface area contributed by atoms with E-state index in [1.807, 2.05) is 52.0 Å². The van der Waals surface area contributed by atoms with Gasteiger partial charge < -0.3 is 24.6 Å². The van der Waals surface area contributed by atoms with Crippen LogP contribution >= 0.6 is 0 Å². The summed E-state index contributed by atoms with van der Waals surface area (Å²) < 4.78 is 53.3. The highest BCUT2D eigenvalue weighted by Crippen LogP contribution is 2.39. The molecule has 1 atom stereocenters. The van der Waals surface area contributed by atoms with E-state index in [0.29, 0.717) is 60.4 Å². The molecule has 5 heterocycles. The minimum atomic E-state index is -4.47. The van der Waals surface area contributed by atoms with E-state index in [0.717, 1.165) is 17.1 Å². The molecule has 1 saturated heterocycles. The first-order chi connectivity index (χ1) is 22.2. The Labute approximate surface area is 269 Å². The van der Waals surface area contributed by atoms with E-state index in [1.54, 1.807) is 33.8 Å². The lowest BCUT2D eigenvalue weighted by atomic mass is 9.93. The number of likely N-dealkylation sites (tertiary alicyclic amines) is 1. The van der Waals surface area contributed by atoms with Crippen LogP contribution in [0, 0.1) is 0 Å². The largest absolute Gasteiger partial charge is 0.480 e. The lowest BCUT2D eigenvalue weighted by Gasteiger charge is -2.39. The van der Waals surface area contributed by atoms with Crippen LogP contribution in [0.2, 0.25) is 0 Å². The number of hydrogen-bond acceptors (Lipinski definition) is 10. The maximum atomic E-state index is 13.5. The molecule has 0 radical (unpaired) electrons. The molecule has 4 aromatic rings. The van der Waals surface area contributed by atoms with Crippen LogP contribution in [0.15, 0.2) is 54.9 Å². The van der Waals surface area contributed by atoms with Crippen molar-refractivity contribution in [1.82, 2.24) is 44.8 Å². The number of aromatic nitrogens is 6. The molecule has 0 aliphatic carbocycles. The lowest BCUT2D eigenvalue weighted by molar-refractivity contribution is -0.0977. The van der Waals surface area contributed by atoms with Crippen molar-refractivity contribution in [2.75, 3.05) is 26.7 Å². The number of carbonyl (C=O) groups excluding carboxylic acids is 1. The summed E-state index contributed by atoms with van der Waals surface area (Å²) >= 11 is 0. The molecular weight excluding hydrogens is 615 g/mol. The lowest BCUT2D eigenvalue weighted by Crippen LogP contribution is -2.50. The molecule has 0 spiro atoms. The molecule has 1 aromatic carbocycles. The van der Waals surface area contributed by atoms with Gasteiger partial charge in [-0.25, -0.2) is 29.4 Å². The minimum absolute atomic E-state index is 0.0978. The molecule has 3 aromatic heterocycles. The van der Waals surface area contributed by atoms with Crippen LogP contribution in [-0.2, 0) is 16.9 Å². The third-order valence-electron chi connectivity index (χ3n) is 8.29. The quantitative estimate of drug-likeness (QED) is 0.286. The van der Waals surface area contributed by atoms with Gasteiger partial charge in [-0.05, 0) is 45.7 Å². The van der Waals surface area contributed by atoms with Crippen LogP contribution in [-0.4, -0.2) is 84.1 Å². The number of nitrogens with one attached hydrogen (secondary N) is 1. The number of hydrogen-bond donors (Lipinski definition) is 1. The van der Waals surface area contributed by atoms with Gasteiger partial charge in [0.1, 0.15) is 28.9 Å². The average molecular weight is 652 g/mol. The Morgan fingerprint density at radius 2 is 1.81 bits per heavy atom. The molecule has 0 bridgehead atoms. The molecule has 0 saturated carbocycles. The second kappa shape index (κ2) is 11.7. The van der Waals surface area contributed by atoms with Crippen LogP contribution in [0.5, 0.6) is 5.88 Å². The standard InChI is InChI=1S/C32H36F3N9O3/c1-7-43-17-23(32(33,34)35)41-31(43,5)22-10-8-19(9-11-22)14-44-27-20(13-39-44)12-36-26(40-27)24-25(37-18-38-28(24)46-6)21-15-42(16-21)29(45)47-30(2,3)4/h8-13,17-18,21,41H,7,14-16H2,1-6H3. The zero-order valence-corrected chi connectivity index (χ0v) is 27.0. The Balaban J connectivity index is 1.25. The van der Waals surface area contributed by atoms with Crippen molar-refractivity contribution >= 4 is 17.1 Å². The van der Waals surface area contributed by atoms with E-state index < -0.39 is 23.1 Å². The number of benzene rings is 1. The number of amides is 1. The average Bonchev–Trinajstić information content (AvgIpc) is 3.56. The number of methoxy groups -OCH3 is 1. The summed E-state index contributed by atoms with van der Waals surface area (Å²) in [6.07, 6.45) is 1.03. The number of halogens is 3. The number of carbonyl (C=O) groups is 1. The molecule has 2 aliphatic heterocycles. The molecule has 1 N–H and O–H groups in total. The monoisotopic (exact) mass is 651 g/mol. The predicted molar refractivity (Wildman–Crippen MR) is 166 cm³/mol. The maximum Gasteiger partial charge on any atom is 0.432 e. The Kier molecular flexibility index (Phi) is 7.96. The second-order valence-electron chi connectivity index (χ2n) is 12.7. The van der Waals surface area contributed by atoms with Crippen LogP contribution in [0.4, 0.5) is 18.0 Å². The molecule has 2 aliphatic rings. The van der Waals surface area contributed by atoms with E-state index in [9.17, 15) is 18.0 Å². The second-order valence-corrected chi connectivity index (χ2v) is 12.7. The van der Waals surface area contributed by atoms with Gasteiger partial charge in [-0.15, -0.1) is 0 Å². The Morgan fingerprint density at radius 1 is 1.09 bits per heavy atom. The van der Waals surface area contributed by atoms with Crippen molar-refractivity contribution in [3.63, 3.8) is 0 Å². The van der Waals surface area contributed by atoms with Gasteiger partial charge in [0.15, 0.2) is 11.5 Å². The highest BCUT2D eigenvalue weighted by molar-refractivity contribution is 5.78. The van der Waals surface area contributed by atoms with Crippen molar-refractivity contribution < 1.29 is 27.4 Å². The number of allylic oxidation sites excluding steroid dienone is 1. The van der Waals surface area contributed by atoms with Crippen molar-refractivity contribution in [3.05, 3.63) is 71.7 Å². The molecule has 248 valence electrons. The van der Waals surface area contributed by atoms with Gasteiger partial charge >= 0.3 is 12.3 Å². The SMILES string of the molecule is CCN1C=C(C(F)(F)F)NC1(C)c1ccc(Cn2ncc3cnc(-c4c(OC)ncnc4C4CN(C(=O)OC(C)(C)C)C4)nc32)cc1. The predicted octanol–water partition coefficient (Wildman–Crippen LogP) is 5.18. The smallest absolute Gasteiger partial charge is 0.432 e. The normalized spacial score (nSPS) is 18.6. The molecular formula is C32H36F3N9O3. The summed E-state index contributed by atoms with van der Waals surface area (Å²) in [6.45, 7) is 10.6. The number of ether oxygens (including phenoxy) is 2. The maximum absolute atomic E-state index is 13.5. The van der Waals surface area contributed by atoms with Crippen molar-refractivity contribution in [1.29, 1.82) is 0 Å². The van der Waals surface area contributed by atoms with Crippen LogP contribution in [0.25, 0.3) is 22.4 Å². The van der Waals surface area contributed by atoms with E-state index in [-0.39, 0.29) is 12.0 Å². The van der Waals surface area contributed by atoms with E-state index in [1.165, 1.54) is 13.4 Å². The number of alkyl halides is 3. The van der Waals surface area contributed by atoms with Gasteiger partial charge in [0, 0.05) is 37.9 Å².